The lowest BCUT2D eigenvalue weighted by Gasteiger charge is -2.23. The second-order valence-corrected chi connectivity index (χ2v) is 7.79. The van der Waals surface area contributed by atoms with Crippen molar-refractivity contribution in [1.82, 2.24) is 9.62 Å². The maximum atomic E-state index is 12.9. The molecule has 1 aliphatic rings. The van der Waals surface area contributed by atoms with Gasteiger partial charge in [-0.25, -0.2) is 8.42 Å². The van der Waals surface area contributed by atoms with Gasteiger partial charge in [-0.2, -0.15) is 4.31 Å². The van der Waals surface area contributed by atoms with Gasteiger partial charge in [0.1, 0.15) is 0 Å². The minimum atomic E-state index is -3.38. The van der Waals surface area contributed by atoms with Gasteiger partial charge >= 0.3 is 0 Å². The van der Waals surface area contributed by atoms with Gasteiger partial charge in [-0.15, -0.1) is 0 Å². The SMILES string of the molecule is CCNCc1cc(S(=O)(=O)N2CCCC2C)c(C)cc1C. The van der Waals surface area contributed by atoms with Crippen molar-refractivity contribution in [2.75, 3.05) is 13.1 Å². The molecule has 1 atom stereocenters. The van der Waals surface area contributed by atoms with Crippen molar-refractivity contribution in [3.05, 3.63) is 28.8 Å². The van der Waals surface area contributed by atoms with Crippen LogP contribution >= 0.6 is 0 Å². The summed E-state index contributed by atoms with van der Waals surface area (Å²) >= 11 is 0. The summed E-state index contributed by atoms with van der Waals surface area (Å²) in [4.78, 5) is 0.467. The van der Waals surface area contributed by atoms with E-state index in [-0.39, 0.29) is 6.04 Å². The van der Waals surface area contributed by atoms with Crippen molar-refractivity contribution >= 4 is 10.0 Å². The fraction of sp³-hybridized carbons (Fsp3) is 0.625. The maximum absolute atomic E-state index is 12.9. The molecule has 0 aliphatic carbocycles. The Balaban J connectivity index is 2.42. The first-order valence-electron chi connectivity index (χ1n) is 7.70. The van der Waals surface area contributed by atoms with Crippen LogP contribution < -0.4 is 5.32 Å². The van der Waals surface area contributed by atoms with Gasteiger partial charge in [0.15, 0.2) is 0 Å². The van der Waals surface area contributed by atoms with E-state index in [1.54, 1.807) is 4.31 Å². The molecule has 0 radical (unpaired) electrons. The number of aryl methyl sites for hydroxylation is 2. The summed E-state index contributed by atoms with van der Waals surface area (Å²) in [7, 11) is -3.38. The predicted octanol–water partition coefficient (Wildman–Crippen LogP) is 2.59. The average Bonchev–Trinajstić information content (AvgIpc) is 2.84. The Kier molecular flexibility index (Phi) is 5.07. The van der Waals surface area contributed by atoms with Crippen molar-refractivity contribution in [3.63, 3.8) is 0 Å². The molecule has 0 amide bonds. The van der Waals surface area contributed by atoms with Crippen LogP contribution in [0.15, 0.2) is 17.0 Å². The van der Waals surface area contributed by atoms with Crippen LogP contribution in [0.3, 0.4) is 0 Å². The zero-order valence-electron chi connectivity index (χ0n) is 13.4. The minimum Gasteiger partial charge on any atom is -0.313 e. The van der Waals surface area contributed by atoms with E-state index in [0.29, 0.717) is 18.0 Å². The normalized spacial score (nSPS) is 20.1. The number of rotatable bonds is 5. The molecule has 118 valence electrons. The highest BCUT2D eigenvalue weighted by molar-refractivity contribution is 7.89. The molecule has 1 aliphatic heterocycles. The maximum Gasteiger partial charge on any atom is 0.243 e. The first-order chi connectivity index (χ1) is 9.87. The Labute approximate surface area is 128 Å². The van der Waals surface area contributed by atoms with Crippen molar-refractivity contribution in [3.8, 4) is 0 Å². The highest BCUT2D eigenvalue weighted by atomic mass is 32.2. The summed E-state index contributed by atoms with van der Waals surface area (Å²) in [6, 6.07) is 3.95. The van der Waals surface area contributed by atoms with Gasteiger partial charge in [0.25, 0.3) is 0 Å². The molecule has 1 unspecified atom stereocenters. The summed E-state index contributed by atoms with van der Waals surface area (Å²) < 4.78 is 27.5. The van der Waals surface area contributed by atoms with E-state index in [2.05, 4.69) is 5.32 Å². The van der Waals surface area contributed by atoms with E-state index in [9.17, 15) is 8.42 Å². The van der Waals surface area contributed by atoms with E-state index >= 15 is 0 Å². The second-order valence-electron chi connectivity index (χ2n) is 5.93. The van der Waals surface area contributed by atoms with Crippen LogP contribution in [0.5, 0.6) is 0 Å². The molecule has 4 nitrogen and oxygen atoms in total. The molecule has 2 rings (SSSR count). The lowest BCUT2D eigenvalue weighted by molar-refractivity contribution is 0.408. The van der Waals surface area contributed by atoms with Gasteiger partial charge in [-0.05, 0) is 62.9 Å². The van der Waals surface area contributed by atoms with Gasteiger partial charge in [0.05, 0.1) is 4.90 Å². The van der Waals surface area contributed by atoms with Gasteiger partial charge < -0.3 is 5.32 Å². The van der Waals surface area contributed by atoms with Gasteiger partial charge in [0.2, 0.25) is 10.0 Å². The molecule has 1 aromatic carbocycles. The van der Waals surface area contributed by atoms with E-state index in [0.717, 1.165) is 36.1 Å². The van der Waals surface area contributed by atoms with Crippen molar-refractivity contribution in [2.24, 2.45) is 0 Å². The summed E-state index contributed by atoms with van der Waals surface area (Å²) in [6.45, 7) is 10.2. The molecular formula is C16H26N2O2S. The smallest absolute Gasteiger partial charge is 0.243 e. The third-order valence-electron chi connectivity index (χ3n) is 4.28. The van der Waals surface area contributed by atoms with Gasteiger partial charge in [-0.3, -0.25) is 0 Å². The van der Waals surface area contributed by atoms with Gasteiger partial charge in [0, 0.05) is 19.1 Å². The lowest BCUT2D eigenvalue weighted by atomic mass is 10.1. The quantitative estimate of drug-likeness (QED) is 0.909. The van der Waals surface area contributed by atoms with E-state index in [1.807, 2.05) is 39.8 Å². The van der Waals surface area contributed by atoms with Crippen LogP contribution in [-0.2, 0) is 16.6 Å². The largest absolute Gasteiger partial charge is 0.313 e. The molecule has 1 saturated heterocycles. The molecule has 0 aromatic heterocycles. The zero-order valence-corrected chi connectivity index (χ0v) is 14.3. The number of hydrogen-bond donors (Lipinski definition) is 1. The zero-order chi connectivity index (χ0) is 15.6. The third-order valence-corrected chi connectivity index (χ3v) is 6.43. The van der Waals surface area contributed by atoms with Crippen molar-refractivity contribution < 1.29 is 8.42 Å². The van der Waals surface area contributed by atoms with E-state index in [1.165, 1.54) is 0 Å². The third kappa shape index (κ3) is 3.30. The minimum absolute atomic E-state index is 0.105. The molecular weight excluding hydrogens is 284 g/mol. The Hall–Kier alpha value is -0.910. The number of sulfonamides is 1. The van der Waals surface area contributed by atoms with Gasteiger partial charge in [-0.1, -0.05) is 13.0 Å². The molecule has 1 N–H and O–H groups in total. The van der Waals surface area contributed by atoms with Crippen LogP contribution in [0.25, 0.3) is 0 Å². The average molecular weight is 310 g/mol. The monoisotopic (exact) mass is 310 g/mol. The molecule has 5 heteroatoms. The number of hydrogen-bond acceptors (Lipinski definition) is 3. The molecule has 1 aromatic rings. The van der Waals surface area contributed by atoms with E-state index in [4.69, 9.17) is 0 Å². The van der Waals surface area contributed by atoms with Crippen LogP contribution in [-0.4, -0.2) is 31.9 Å². The second kappa shape index (κ2) is 6.46. The highest BCUT2D eigenvalue weighted by Gasteiger charge is 2.33. The molecule has 1 heterocycles. The van der Waals surface area contributed by atoms with Crippen molar-refractivity contribution in [2.45, 2.75) is 58.0 Å². The summed E-state index contributed by atoms with van der Waals surface area (Å²) in [5.74, 6) is 0. The van der Waals surface area contributed by atoms with Crippen LogP contribution in [0.2, 0.25) is 0 Å². The lowest BCUT2D eigenvalue weighted by Crippen LogP contribution is -2.34. The Morgan fingerprint density at radius 2 is 2.00 bits per heavy atom. The van der Waals surface area contributed by atoms with Crippen LogP contribution in [0.1, 0.15) is 43.4 Å². The topological polar surface area (TPSA) is 49.4 Å². The summed E-state index contributed by atoms with van der Waals surface area (Å²) in [6.07, 6.45) is 1.91. The van der Waals surface area contributed by atoms with Crippen LogP contribution in [0.4, 0.5) is 0 Å². The Morgan fingerprint density at radius 1 is 1.29 bits per heavy atom. The first kappa shape index (κ1) is 16.5. The molecule has 0 spiro atoms. The van der Waals surface area contributed by atoms with E-state index < -0.39 is 10.0 Å². The highest BCUT2D eigenvalue weighted by Crippen LogP contribution is 2.29. The standard InChI is InChI=1S/C16H26N2O2S/c1-5-17-11-15-10-16(13(3)9-12(15)2)21(19,20)18-8-6-7-14(18)4/h9-10,14,17H,5-8,11H2,1-4H3. The Bertz CT molecular complexity index is 611. The number of nitrogens with zero attached hydrogens (tertiary/aromatic N) is 1. The van der Waals surface area contributed by atoms with Crippen LogP contribution in [0, 0.1) is 13.8 Å². The molecule has 1 fully saturated rings. The fourth-order valence-corrected chi connectivity index (χ4v) is 4.95. The predicted molar refractivity (Wildman–Crippen MR) is 85.9 cm³/mol. The fourth-order valence-electron chi connectivity index (χ4n) is 2.99. The summed E-state index contributed by atoms with van der Waals surface area (Å²) in [5.41, 5.74) is 3.04. The molecule has 21 heavy (non-hydrogen) atoms. The summed E-state index contributed by atoms with van der Waals surface area (Å²) in [5, 5.41) is 3.27. The number of nitrogens with one attached hydrogen (secondary N) is 1. The molecule has 0 bridgehead atoms. The molecule has 0 saturated carbocycles. The van der Waals surface area contributed by atoms with Crippen molar-refractivity contribution in [1.29, 1.82) is 0 Å². The first-order valence-corrected chi connectivity index (χ1v) is 9.14. The number of benzene rings is 1. The Morgan fingerprint density at radius 3 is 2.57 bits per heavy atom.